The fourth-order valence-electron chi connectivity index (χ4n) is 0.620. The van der Waals surface area contributed by atoms with E-state index >= 15 is 0 Å². The van der Waals surface area contributed by atoms with Gasteiger partial charge in [0.25, 0.3) is 0 Å². The molecule has 0 N–H and O–H groups in total. The number of alkyl halides is 1. The number of ether oxygens (including phenoxy) is 2. The van der Waals surface area contributed by atoms with Crippen molar-refractivity contribution in [1.82, 2.24) is 0 Å². The Morgan fingerprint density at radius 3 is 2.33 bits per heavy atom. The predicted octanol–water partition coefficient (Wildman–Crippen LogP) is 1.86. The van der Waals surface area contributed by atoms with Crippen LogP contribution < -0.4 is 0 Å². The van der Waals surface area contributed by atoms with Crippen molar-refractivity contribution in [3.05, 3.63) is 11.8 Å². The maximum absolute atomic E-state index is 10.9. The van der Waals surface area contributed by atoms with E-state index in [1.165, 1.54) is 6.08 Å². The molecular formula is C8H13BrO3. The fourth-order valence-corrected chi connectivity index (χ4v) is 0.943. The first-order valence-electron chi connectivity index (χ1n) is 3.80. The van der Waals surface area contributed by atoms with E-state index in [0.717, 1.165) is 0 Å². The second-order valence-corrected chi connectivity index (χ2v) is 2.49. The van der Waals surface area contributed by atoms with E-state index in [9.17, 15) is 4.79 Å². The topological polar surface area (TPSA) is 35.5 Å². The van der Waals surface area contributed by atoms with Gasteiger partial charge in [0.2, 0.25) is 0 Å². The number of carbonyl (C=O) groups is 1. The molecule has 0 rings (SSSR count). The van der Waals surface area contributed by atoms with E-state index < -0.39 is 0 Å². The van der Waals surface area contributed by atoms with Gasteiger partial charge in [0.1, 0.15) is 5.76 Å². The molecule has 0 saturated carbocycles. The highest BCUT2D eigenvalue weighted by Crippen LogP contribution is 2.02. The molecule has 70 valence electrons. The third-order valence-corrected chi connectivity index (χ3v) is 1.58. The van der Waals surface area contributed by atoms with Crippen molar-refractivity contribution in [3.8, 4) is 0 Å². The van der Waals surface area contributed by atoms with Crippen molar-refractivity contribution >= 4 is 21.9 Å². The van der Waals surface area contributed by atoms with E-state index in [4.69, 9.17) is 9.47 Å². The van der Waals surface area contributed by atoms with Crippen molar-refractivity contribution in [2.75, 3.05) is 18.5 Å². The summed E-state index contributed by atoms with van der Waals surface area (Å²) >= 11 is 3.20. The summed E-state index contributed by atoms with van der Waals surface area (Å²) in [6, 6.07) is 0. The normalized spacial score (nSPS) is 11.1. The van der Waals surface area contributed by atoms with Crippen molar-refractivity contribution in [2.24, 2.45) is 0 Å². The van der Waals surface area contributed by atoms with Gasteiger partial charge in [-0.2, -0.15) is 0 Å². The van der Waals surface area contributed by atoms with Crippen LogP contribution in [0.15, 0.2) is 11.8 Å². The average Bonchev–Trinajstić information content (AvgIpc) is 2.04. The van der Waals surface area contributed by atoms with Crippen molar-refractivity contribution < 1.29 is 14.3 Å². The number of hydrogen-bond donors (Lipinski definition) is 0. The second-order valence-electron chi connectivity index (χ2n) is 1.93. The van der Waals surface area contributed by atoms with E-state index in [2.05, 4.69) is 15.9 Å². The number of esters is 1. The van der Waals surface area contributed by atoms with Gasteiger partial charge < -0.3 is 9.47 Å². The molecule has 0 atom stereocenters. The van der Waals surface area contributed by atoms with Gasteiger partial charge in [-0.05, 0) is 13.8 Å². The van der Waals surface area contributed by atoms with Crippen molar-refractivity contribution in [3.63, 3.8) is 0 Å². The summed E-state index contributed by atoms with van der Waals surface area (Å²) in [6.07, 6.45) is 1.35. The Morgan fingerprint density at radius 1 is 1.33 bits per heavy atom. The zero-order chi connectivity index (χ0) is 9.40. The molecule has 4 heteroatoms. The lowest BCUT2D eigenvalue weighted by Gasteiger charge is -2.04. The monoisotopic (exact) mass is 236 g/mol. The molecule has 0 radical (unpaired) electrons. The molecule has 0 heterocycles. The van der Waals surface area contributed by atoms with Crippen LogP contribution in [0.25, 0.3) is 0 Å². The number of halogens is 1. The Bertz CT molecular complexity index is 166. The molecule has 0 amide bonds. The van der Waals surface area contributed by atoms with E-state index in [-0.39, 0.29) is 5.97 Å². The van der Waals surface area contributed by atoms with Crippen LogP contribution in [0.2, 0.25) is 0 Å². The molecule has 0 aliphatic carbocycles. The summed E-state index contributed by atoms with van der Waals surface area (Å²) in [7, 11) is 0. The summed E-state index contributed by atoms with van der Waals surface area (Å²) in [5.41, 5.74) is 0. The van der Waals surface area contributed by atoms with E-state index in [0.29, 0.717) is 24.3 Å². The first-order chi connectivity index (χ1) is 5.74. The smallest absolute Gasteiger partial charge is 0.334 e. The van der Waals surface area contributed by atoms with Gasteiger partial charge in [0.05, 0.1) is 24.6 Å². The lowest BCUT2D eigenvalue weighted by Crippen LogP contribution is -2.03. The molecule has 12 heavy (non-hydrogen) atoms. The summed E-state index contributed by atoms with van der Waals surface area (Å²) < 4.78 is 9.83. The number of carbonyl (C=O) groups excluding carboxylic acids is 1. The van der Waals surface area contributed by atoms with E-state index in [1.54, 1.807) is 6.92 Å². The Morgan fingerprint density at radius 2 is 1.92 bits per heavy atom. The highest BCUT2D eigenvalue weighted by molar-refractivity contribution is 9.09. The van der Waals surface area contributed by atoms with Crippen LogP contribution in [0.3, 0.4) is 0 Å². The SMILES string of the molecule is CCOC(=O)/C=C(\CBr)OCC. The molecule has 0 aliphatic rings. The molecule has 0 aromatic carbocycles. The molecule has 0 unspecified atom stereocenters. The summed E-state index contributed by atoms with van der Waals surface area (Å²) in [4.78, 5) is 10.9. The number of rotatable bonds is 5. The van der Waals surface area contributed by atoms with Crippen LogP contribution in [0.5, 0.6) is 0 Å². The zero-order valence-electron chi connectivity index (χ0n) is 7.30. The largest absolute Gasteiger partial charge is 0.497 e. The Labute approximate surface area is 80.9 Å². The highest BCUT2D eigenvalue weighted by atomic mass is 79.9. The Hall–Kier alpha value is -0.510. The predicted molar refractivity (Wildman–Crippen MR) is 50.1 cm³/mol. The van der Waals surface area contributed by atoms with Crippen molar-refractivity contribution in [1.29, 1.82) is 0 Å². The molecule has 0 saturated heterocycles. The first kappa shape index (κ1) is 11.5. The minimum atomic E-state index is -0.361. The first-order valence-corrected chi connectivity index (χ1v) is 4.92. The van der Waals surface area contributed by atoms with Gasteiger partial charge in [-0.25, -0.2) is 4.79 Å². The van der Waals surface area contributed by atoms with Gasteiger partial charge in [-0.3, -0.25) is 0 Å². The number of hydrogen-bond acceptors (Lipinski definition) is 3. The molecule has 0 aromatic rings. The maximum Gasteiger partial charge on any atom is 0.334 e. The highest BCUT2D eigenvalue weighted by Gasteiger charge is 2.00. The van der Waals surface area contributed by atoms with Gasteiger partial charge >= 0.3 is 5.97 Å². The minimum absolute atomic E-state index is 0.361. The van der Waals surface area contributed by atoms with Gasteiger partial charge in [-0.1, -0.05) is 15.9 Å². The molecular weight excluding hydrogens is 224 g/mol. The van der Waals surface area contributed by atoms with Crippen LogP contribution in [0, 0.1) is 0 Å². The fraction of sp³-hybridized carbons (Fsp3) is 0.625. The summed E-state index contributed by atoms with van der Waals surface area (Å²) in [5.74, 6) is 0.233. The molecule has 3 nitrogen and oxygen atoms in total. The molecule has 0 bridgehead atoms. The van der Waals surface area contributed by atoms with Gasteiger partial charge in [0, 0.05) is 0 Å². The van der Waals surface area contributed by atoms with Crippen LogP contribution in [0.1, 0.15) is 13.8 Å². The third-order valence-electron chi connectivity index (χ3n) is 1.03. The molecule has 0 spiro atoms. The van der Waals surface area contributed by atoms with Crippen LogP contribution in [-0.2, 0) is 14.3 Å². The third kappa shape index (κ3) is 5.18. The van der Waals surface area contributed by atoms with Gasteiger partial charge in [-0.15, -0.1) is 0 Å². The molecule has 0 aromatic heterocycles. The molecule has 0 aliphatic heterocycles. The maximum atomic E-state index is 10.9. The second kappa shape index (κ2) is 7.16. The van der Waals surface area contributed by atoms with Crippen LogP contribution in [0.4, 0.5) is 0 Å². The minimum Gasteiger partial charge on any atom is -0.497 e. The summed E-state index contributed by atoms with van der Waals surface area (Å²) in [6.45, 7) is 4.57. The summed E-state index contributed by atoms with van der Waals surface area (Å²) in [5, 5.41) is 0.527. The van der Waals surface area contributed by atoms with Crippen LogP contribution >= 0.6 is 15.9 Å². The molecule has 0 fully saturated rings. The number of allylic oxidation sites excluding steroid dienone is 1. The van der Waals surface area contributed by atoms with Gasteiger partial charge in [0.15, 0.2) is 0 Å². The Kier molecular flexibility index (Phi) is 6.85. The Balaban J connectivity index is 3.98. The standard InChI is InChI=1S/C8H13BrO3/c1-3-11-7(6-9)5-8(10)12-4-2/h5H,3-4,6H2,1-2H3/b7-5+. The van der Waals surface area contributed by atoms with Crippen LogP contribution in [-0.4, -0.2) is 24.5 Å². The zero-order valence-corrected chi connectivity index (χ0v) is 8.89. The van der Waals surface area contributed by atoms with Crippen molar-refractivity contribution in [2.45, 2.75) is 13.8 Å². The lowest BCUT2D eigenvalue weighted by molar-refractivity contribution is -0.137. The quantitative estimate of drug-likeness (QED) is 0.317. The van der Waals surface area contributed by atoms with E-state index in [1.807, 2.05) is 6.92 Å². The average molecular weight is 237 g/mol. The lowest BCUT2D eigenvalue weighted by atomic mass is 10.5.